The molecular formula is C16H25N7O2. The van der Waals surface area contributed by atoms with E-state index in [0.717, 1.165) is 18.7 Å². The number of rotatable bonds is 2. The highest BCUT2D eigenvalue weighted by atomic mass is 16.6. The Hall–Kier alpha value is -2.45. The van der Waals surface area contributed by atoms with Crippen LogP contribution >= 0.6 is 0 Å². The Morgan fingerprint density at radius 1 is 1.24 bits per heavy atom. The van der Waals surface area contributed by atoms with Gasteiger partial charge in [0.05, 0.1) is 12.2 Å². The van der Waals surface area contributed by atoms with Crippen LogP contribution < -0.4 is 0 Å². The Kier molecular flexibility index (Phi) is 4.49. The van der Waals surface area contributed by atoms with Gasteiger partial charge in [-0.05, 0) is 40.5 Å². The van der Waals surface area contributed by atoms with Crippen LogP contribution in [0.1, 0.15) is 45.5 Å². The van der Waals surface area contributed by atoms with Crippen molar-refractivity contribution in [1.29, 1.82) is 0 Å². The van der Waals surface area contributed by atoms with Gasteiger partial charge in [0, 0.05) is 20.1 Å². The van der Waals surface area contributed by atoms with Crippen molar-refractivity contribution in [2.45, 2.75) is 52.2 Å². The van der Waals surface area contributed by atoms with Gasteiger partial charge in [0.15, 0.2) is 5.82 Å². The molecule has 2 aromatic heterocycles. The summed E-state index contributed by atoms with van der Waals surface area (Å²) in [5.41, 5.74) is 0.230. The number of carbonyl (C=O) groups is 1. The van der Waals surface area contributed by atoms with E-state index in [1.165, 1.54) is 4.80 Å². The molecule has 0 unspecified atom stereocenters. The molecule has 9 nitrogen and oxygen atoms in total. The number of hydrogen-bond donors (Lipinski definition) is 0. The summed E-state index contributed by atoms with van der Waals surface area (Å²) in [6, 6.07) is 0.178. The molecule has 0 spiro atoms. The van der Waals surface area contributed by atoms with E-state index in [1.807, 2.05) is 32.4 Å². The van der Waals surface area contributed by atoms with Crippen LogP contribution in [-0.4, -0.2) is 59.4 Å². The lowest BCUT2D eigenvalue weighted by Crippen LogP contribution is -2.42. The highest BCUT2D eigenvalue weighted by Gasteiger charge is 2.29. The van der Waals surface area contributed by atoms with Crippen molar-refractivity contribution in [3.8, 4) is 11.5 Å². The summed E-state index contributed by atoms with van der Waals surface area (Å²) in [7, 11) is 1.77. The van der Waals surface area contributed by atoms with Gasteiger partial charge in [0.1, 0.15) is 17.1 Å². The maximum absolute atomic E-state index is 12.2. The molecule has 0 aromatic carbocycles. The normalized spacial score (nSPS) is 16.3. The maximum Gasteiger partial charge on any atom is 0.410 e. The zero-order valence-corrected chi connectivity index (χ0v) is 15.4. The van der Waals surface area contributed by atoms with E-state index in [2.05, 4.69) is 20.3 Å². The molecule has 136 valence electrons. The predicted molar refractivity (Wildman–Crippen MR) is 90.8 cm³/mol. The third-order valence-electron chi connectivity index (χ3n) is 4.03. The molecule has 9 heteroatoms. The summed E-state index contributed by atoms with van der Waals surface area (Å²) in [5.74, 6) is 1.43. The van der Waals surface area contributed by atoms with Gasteiger partial charge in [-0.2, -0.15) is 20.1 Å². The van der Waals surface area contributed by atoms with E-state index in [1.54, 1.807) is 18.1 Å². The number of aromatic nitrogens is 6. The molecule has 1 amide bonds. The first kappa shape index (κ1) is 17.4. The number of piperidine rings is 1. The Morgan fingerprint density at radius 3 is 2.48 bits per heavy atom. The first-order valence-electron chi connectivity index (χ1n) is 8.51. The smallest absolute Gasteiger partial charge is 0.410 e. The van der Waals surface area contributed by atoms with E-state index in [4.69, 9.17) is 4.74 Å². The second kappa shape index (κ2) is 6.45. The molecule has 2 aromatic rings. The average Bonchev–Trinajstić information content (AvgIpc) is 3.11. The number of ether oxygens (including phenoxy) is 1. The first-order valence-corrected chi connectivity index (χ1v) is 8.51. The summed E-state index contributed by atoms with van der Waals surface area (Å²) in [4.78, 5) is 20.0. The van der Waals surface area contributed by atoms with Crippen molar-refractivity contribution in [1.82, 2.24) is 34.7 Å². The van der Waals surface area contributed by atoms with Crippen LogP contribution in [0.2, 0.25) is 0 Å². The number of amides is 1. The van der Waals surface area contributed by atoms with Crippen LogP contribution in [0.3, 0.4) is 0 Å². The zero-order chi connectivity index (χ0) is 18.2. The second-order valence-electron chi connectivity index (χ2n) is 7.35. The first-order chi connectivity index (χ1) is 11.7. The Balaban J connectivity index is 1.71. The molecule has 1 aliphatic rings. The summed E-state index contributed by atoms with van der Waals surface area (Å²) in [6.45, 7) is 8.78. The van der Waals surface area contributed by atoms with E-state index >= 15 is 0 Å². The van der Waals surface area contributed by atoms with Gasteiger partial charge in [-0.25, -0.2) is 14.5 Å². The average molecular weight is 347 g/mol. The molecule has 1 saturated heterocycles. The van der Waals surface area contributed by atoms with Crippen molar-refractivity contribution >= 4 is 6.09 Å². The summed E-state index contributed by atoms with van der Waals surface area (Å²) < 4.78 is 7.37. The fourth-order valence-corrected chi connectivity index (χ4v) is 2.93. The number of carbonyl (C=O) groups excluding carboxylic acids is 1. The van der Waals surface area contributed by atoms with Crippen molar-refractivity contribution < 1.29 is 9.53 Å². The molecule has 0 saturated carbocycles. The fraction of sp³-hybridized carbons (Fsp3) is 0.688. The minimum Gasteiger partial charge on any atom is -0.444 e. The molecule has 0 N–H and O–H groups in total. The predicted octanol–water partition coefficient (Wildman–Crippen LogP) is 1.95. The van der Waals surface area contributed by atoms with Crippen molar-refractivity contribution in [2.24, 2.45) is 7.05 Å². The monoisotopic (exact) mass is 347 g/mol. The summed E-state index contributed by atoms with van der Waals surface area (Å²) in [6.07, 6.45) is 3.04. The van der Waals surface area contributed by atoms with Crippen LogP contribution in [0.25, 0.3) is 11.5 Å². The molecular weight excluding hydrogens is 322 g/mol. The van der Waals surface area contributed by atoms with E-state index in [0.29, 0.717) is 24.6 Å². The van der Waals surface area contributed by atoms with Gasteiger partial charge in [0.2, 0.25) is 0 Å². The topological polar surface area (TPSA) is 91.0 Å². The molecule has 0 atom stereocenters. The van der Waals surface area contributed by atoms with Gasteiger partial charge >= 0.3 is 6.09 Å². The molecule has 0 radical (unpaired) electrons. The van der Waals surface area contributed by atoms with Crippen molar-refractivity contribution in [2.75, 3.05) is 13.1 Å². The minimum atomic E-state index is -0.476. The van der Waals surface area contributed by atoms with Crippen molar-refractivity contribution in [3.63, 3.8) is 0 Å². The SMILES string of the molecule is Cc1nc(-c2cnn(C)n2)n(C2CCN(C(=O)OC(C)(C)C)CC2)n1. The van der Waals surface area contributed by atoms with Gasteiger partial charge in [-0.15, -0.1) is 0 Å². The lowest BCUT2D eigenvalue weighted by atomic mass is 10.1. The number of nitrogens with zero attached hydrogens (tertiary/aromatic N) is 7. The molecule has 1 fully saturated rings. The lowest BCUT2D eigenvalue weighted by Gasteiger charge is -2.33. The quantitative estimate of drug-likeness (QED) is 0.825. The molecule has 0 bridgehead atoms. The Labute approximate surface area is 147 Å². The summed E-state index contributed by atoms with van der Waals surface area (Å²) >= 11 is 0. The third-order valence-corrected chi connectivity index (χ3v) is 4.03. The van der Waals surface area contributed by atoms with E-state index in [9.17, 15) is 4.79 Å². The molecule has 3 heterocycles. The minimum absolute atomic E-state index is 0.178. The van der Waals surface area contributed by atoms with Gasteiger partial charge in [0.25, 0.3) is 0 Å². The Morgan fingerprint density at radius 2 is 1.92 bits per heavy atom. The largest absolute Gasteiger partial charge is 0.444 e. The van der Waals surface area contributed by atoms with E-state index in [-0.39, 0.29) is 12.1 Å². The lowest BCUT2D eigenvalue weighted by molar-refractivity contribution is 0.0185. The third kappa shape index (κ3) is 3.97. The number of hydrogen-bond acceptors (Lipinski definition) is 6. The maximum atomic E-state index is 12.2. The highest BCUT2D eigenvalue weighted by Crippen LogP contribution is 2.27. The highest BCUT2D eigenvalue weighted by molar-refractivity contribution is 5.68. The number of likely N-dealkylation sites (tertiary alicyclic amines) is 1. The summed E-state index contributed by atoms with van der Waals surface area (Å²) in [5, 5.41) is 13.0. The molecule has 1 aliphatic heterocycles. The van der Waals surface area contributed by atoms with Crippen LogP contribution in [0.5, 0.6) is 0 Å². The fourth-order valence-electron chi connectivity index (χ4n) is 2.93. The van der Waals surface area contributed by atoms with Crippen molar-refractivity contribution in [3.05, 3.63) is 12.0 Å². The standard InChI is InChI=1S/C16H25N7O2/c1-11-18-14(13-10-17-21(5)20-13)23(19-11)12-6-8-22(9-7-12)15(24)25-16(2,3)4/h10,12H,6-9H2,1-5H3. The number of aryl methyl sites for hydroxylation is 2. The zero-order valence-electron chi connectivity index (χ0n) is 15.4. The second-order valence-corrected chi connectivity index (χ2v) is 7.35. The molecule has 25 heavy (non-hydrogen) atoms. The van der Waals surface area contributed by atoms with Gasteiger partial charge in [-0.3, -0.25) is 0 Å². The van der Waals surface area contributed by atoms with Gasteiger partial charge < -0.3 is 9.64 Å². The molecule has 0 aliphatic carbocycles. The van der Waals surface area contributed by atoms with Crippen LogP contribution in [0.4, 0.5) is 4.79 Å². The van der Waals surface area contributed by atoms with Gasteiger partial charge in [-0.1, -0.05) is 0 Å². The molecule has 3 rings (SSSR count). The Bertz CT molecular complexity index is 751. The van der Waals surface area contributed by atoms with Crippen LogP contribution in [0.15, 0.2) is 6.20 Å². The van der Waals surface area contributed by atoms with E-state index < -0.39 is 5.60 Å². The van der Waals surface area contributed by atoms with Crippen LogP contribution in [0, 0.1) is 6.92 Å². The van der Waals surface area contributed by atoms with Crippen LogP contribution in [-0.2, 0) is 11.8 Å².